The van der Waals surface area contributed by atoms with E-state index in [1.165, 1.54) is 23.1 Å². The van der Waals surface area contributed by atoms with E-state index in [-0.39, 0.29) is 11.6 Å². The smallest absolute Gasteiger partial charge is 0.149 e. The van der Waals surface area contributed by atoms with Gasteiger partial charge in [-0.25, -0.2) is 9.37 Å². The van der Waals surface area contributed by atoms with Gasteiger partial charge in [-0.1, -0.05) is 98.8 Å². The van der Waals surface area contributed by atoms with Crippen molar-refractivity contribution < 1.29 is 10.9 Å². The third kappa shape index (κ3) is 5.87. The van der Waals surface area contributed by atoms with Gasteiger partial charge in [0.15, 0.2) is 0 Å². The van der Waals surface area contributed by atoms with Crippen molar-refractivity contribution in [3.8, 4) is 49.8 Å². The zero-order chi connectivity index (χ0) is 31.8. The average Bonchev–Trinajstić information content (AvgIpc) is 3.50. The number of halogens is 1. The first-order valence-corrected chi connectivity index (χ1v) is 15.7. The van der Waals surface area contributed by atoms with Crippen molar-refractivity contribution in [2.75, 3.05) is 0 Å². The van der Waals surface area contributed by atoms with Gasteiger partial charge in [-0.05, 0) is 76.5 Å². The van der Waals surface area contributed by atoms with Gasteiger partial charge < -0.3 is 5.11 Å². The molecule has 5 heteroatoms. The van der Waals surface area contributed by atoms with E-state index in [1.807, 2.05) is 117 Å². The molecule has 2 heterocycles. The number of para-hydroxylation sites is 1. The quantitative estimate of drug-likeness (QED) is 0.196. The molecule has 0 unspecified atom stereocenters. The third-order valence-corrected chi connectivity index (χ3v) is 9.07. The highest BCUT2D eigenvalue weighted by Crippen LogP contribution is 2.41. The number of rotatable bonds is 7. The molecule has 0 radical (unpaired) electrons. The lowest BCUT2D eigenvalue weighted by molar-refractivity contribution is 0.476. The Bertz CT molecular complexity index is 2190. The lowest BCUT2D eigenvalue weighted by Gasteiger charge is -2.14. The van der Waals surface area contributed by atoms with Crippen LogP contribution in [0.25, 0.3) is 54.3 Å². The maximum Gasteiger partial charge on any atom is 0.149 e. The van der Waals surface area contributed by atoms with Gasteiger partial charge in [-0.15, -0.1) is 11.3 Å². The second-order valence-corrected chi connectivity index (χ2v) is 12.4. The fraction of sp³-hybridized carbons (Fsp3) is 0.100. The van der Waals surface area contributed by atoms with Crippen molar-refractivity contribution in [3.63, 3.8) is 0 Å². The average molecular weight is 608 g/mol. The Labute approximate surface area is 267 Å². The van der Waals surface area contributed by atoms with Gasteiger partial charge in [0, 0.05) is 18.1 Å². The highest BCUT2D eigenvalue weighted by Gasteiger charge is 2.17. The first-order valence-electron chi connectivity index (χ1n) is 15.4. The summed E-state index contributed by atoms with van der Waals surface area (Å²) >= 11 is 1.53. The van der Waals surface area contributed by atoms with Gasteiger partial charge in [0.1, 0.15) is 16.6 Å². The van der Waals surface area contributed by atoms with E-state index in [9.17, 15) is 9.50 Å². The monoisotopic (exact) mass is 607 g/mol. The predicted molar refractivity (Wildman–Crippen MR) is 184 cm³/mol. The normalized spacial score (nSPS) is 11.9. The number of aromatic nitrogens is 2. The summed E-state index contributed by atoms with van der Waals surface area (Å²) in [7, 11) is 0. The van der Waals surface area contributed by atoms with Crippen LogP contribution in [0.5, 0.6) is 5.75 Å². The second-order valence-electron chi connectivity index (χ2n) is 11.4. The number of benzene rings is 5. The molecule has 7 rings (SSSR count). The summed E-state index contributed by atoms with van der Waals surface area (Å²) in [5.74, 6) is -1.07. The molecule has 0 saturated carbocycles. The minimum atomic E-state index is -0.887. The zero-order valence-electron chi connectivity index (χ0n) is 26.0. The van der Waals surface area contributed by atoms with E-state index in [0.29, 0.717) is 16.8 Å². The van der Waals surface area contributed by atoms with Crippen LogP contribution >= 0.6 is 11.3 Å². The van der Waals surface area contributed by atoms with Crippen molar-refractivity contribution in [2.24, 2.45) is 0 Å². The van der Waals surface area contributed by atoms with E-state index in [0.717, 1.165) is 55.0 Å². The summed E-state index contributed by atoms with van der Waals surface area (Å²) in [5, 5.41) is 11.8. The van der Waals surface area contributed by atoms with E-state index in [4.69, 9.17) is 6.35 Å². The first-order chi connectivity index (χ1) is 22.2. The summed E-state index contributed by atoms with van der Waals surface area (Å²) in [6.07, 6.45) is 2.00. The number of phenols is 1. The van der Waals surface area contributed by atoms with Gasteiger partial charge in [0.25, 0.3) is 0 Å². The maximum atomic E-state index is 14.9. The van der Waals surface area contributed by atoms with E-state index < -0.39 is 5.89 Å². The van der Waals surface area contributed by atoms with E-state index >= 15 is 0 Å². The molecule has 0 atom stereocenters. The molecular formula is C40H31FN2OS. The van der Waals surface area contributed by atoms with Crippen LogP contribution in [0.4, 0.5) is 4.39 Å². The molecule has 5 aromatic carbocycles. The van der Waals surface area contributed by atoms with Crippen LogP contribution in [0, 0.1) is 5.82 Å². The number of fused-ring (bicyclic) bond motifs is 1. The third-order valence-electron chi connectivity index (χ3n) is 8.02. The molecule has 3 nitrogen and oxygen atoms in total. The molecule has 7 aromatic rings. The Kier molecular flexibility index (Phi) is 7.37. The summed E-state index contributed by atoms with van der Waals surface area (Å²) in [4.78, 5) is 9.50. The summed E-state index contributed by atoms with van der Waals surface area (Å²) < 4.78 is 24.8. The fourth-order valence-electron chi connectivity index (χ4n) is 5.65. The van der Waals surface area contributed by atoms with Gasteiger partial charge in [-0.2, -0.15) is 0 Å². The second kappa shape index (κ2) is 12.1. The topological polar surface area (TPSA) is 46.0 Å². The van der Waals surface area contributed by atoms with Crippen LogP contribution in [0.15, 0.2) is 128 Å². The Balaban J connectivity index is 1.31. The Morgan fingerprint density at radius 3 is 2.24 bits per heavy atom. The molecule has 2 aromatic heterocycles. The highest BCUT2D eigenvalue weighted by molar-refractivity contribution is 7.21. The van der Waals surface area contributed by atoms with Crippen LogP contribution < -0.4 is 0 Å². The Morgan fingerprint density at radius 1 is 0.733 bits per heavy atom. The van der Waals surface area contributed by atoms with Crippen LogP contribution in [0.1, 0.15) is 37.8 Å². The first kappa shape index (κ1) is 27.4. The van der Waals surface area contributed by atoms with Gasteiger partial charge in [-0.3, -0.25) is 4.98 Å². The Hall–Kier alpha value is -5.13. The van der Waals surface area contributed by atoms with Crippen molar-refractivity contribution in [1.82, 2.24) is 9.97 Å². The molecule has 1 N–H and O–H groups in total. The molecule has 0 saturated heterocycles. The summed E-state index contributed by atoms with van der Waals surface area (Å²) in [6.45, 7) is 3.71. The van der Waals surface area contributed by atoms with Gasteiger partial charge in [0.05, 0.1) is 27.7 Å². The largest absolute Gasteiger partial charge is 0.507 e. The lowest BCUT2D eigenvalue weighted by Crippen LogP contribution is -1.94. The standard InChI is InChI=1S/C40H31FN2OS/c1-25(2)29-20-30(22-31(21-29)36-23-34(35(41)24-42-36)28-12-7-4-8-13-28)32-14-9-15-38-39(32)43-40(45-38)33-17-16-27(19-37(33)44)18-26-10-5-3-6-11-26/h3-17,19-25,44H,18H2,1-2H3/i25D. The lowest BCUT2D eigenvalue weighted by atomic mass is 9.92. The number of aromatic hydroxyl groups is 1. The highest BCUT2D eigenvalue weighted by atomic mass is 32.1. The summed E-state index contributed by atoms with van der Waals surface area (Å²) in [6, 6.07) is 39.3. The maximum absolute atomic E-state index is 14.9. The molecule has 0 aliphatic heterocycles. The molecule has 0 fully saturated rings. The van der Waals surface area contributed by atoms with Gasteiger partial charge >= 0.3 is 0 Å². The summed E-state index contributed by atoms with van der Waals surface area (Å²) in [5.41, 5.74) is 9.01. The molecule has 0 aliphatic carbocycles. The molecule has 0 amide bonds. The number of thiazole rings is 1. The molecule has 0 bridgehead atoms. The van der Waals surface area contributed by atoms with Crippen LogP contribution in [-0.2, 0) is 6.42 Å². The number of nitrogens with zero attached hydrogens (tertiary/aromatic N) is 2. The zero-order valence-corrected chi connectivity index (χ0v) is 25.8. The molecular weight excluding hydrogens is 576 g/mol. The van der Waals surface area contributed by atoms with Gasteiger partial charge in [0.2, 0.25) is 0 Å². The number of phenolic OH excluding ortho intramolecular Hbond substituents is 1. The molecule has 0 aliphatic rings. The van der Waals surface area contributed by atoms with Crippen LogP contribution in [0.2, 0.25) is 0 Å². The van der Waals surface area contributed by atoms with Crippen molar-refractivity contribution in [2.45, 2.75) is 26.2 Å². The molecule has 0 spiro atoms. The number of pyridine rings is 1. The van der Waals surface area contributed by atoms with Crippen LogP contribution in [-0.4, -0.2) is 15.1 Å². The van der Waals surface area contributed by atoms with Crippen molar-refractivity contribution >= 4 is 21.6 Å². The minimum absolute atomic E-state index is 0.200. The SMILES string of the molecule is [2H]C(C)(C)c1cc(-c2cc(-c3ccccc3)c(F)cn2)cc(-c2cccc3sc(-c4ccc(Cc5ccccc5)cc4O)nc23)c1. The minimum Gasteiger partial charge on any atom is -0.507 e. The number of hydrogen-bond acceptors (Lipinski definition) is 4. The van der Waals surface area contributed by atoms with Crippen LogP contribution in [0.3, 0.4) is 0 Å². The van der Waals surface area contributed by atoms with Crippen molar-refractivity contribution in [1.29, 1.82) is 0 Å². The van der Waals surface area contributed by atoms with Crippen molar-refractivity contribution in [3.05, 3.63) is 150 Å². The number of hydrogen-bond donors (Lipinski definition) is 1. The fourth-order valence-corrected chi connectivity index (χ4v) is 6.68. The van der Waals surface area contributed by atoms with E-state index in [1.54, 1.807) is 6.07 Å². The molecule has 220 valence electrons. The molecule has 45 heavy (non-hydrogen) atoms. The van der Waals surface area contributed by atoms with E-state index in [2.05, 4.69) is 17.1 Å². The Morgan fingerprint density at radius 2 is 1.49 bits per heavy atom. The predicted octanol–water partition coefficient (Wildman–Crippen LogP) is 10.9.